The Bertz CT molecular complexity index is 320. The Morgan fingerprint density at radius 3 is 2.27 bits per heavy atom. The van der Waals surface area contributed by atoms with E-state index in [0.29, 0.717) is 6.54 Å². The van der Waals surface area contributed by atoms with Crippen LogP contribution in [0.3, 0.4) is 0 Å². The van der Waals surface area contributed by atoms with Gasteiger partial charge in [-0.25, -0.2) is 0 Å². The predicted octanol–water partition coefficient (Wildman–Crippen LogP) is 1.04. The van der Waals surface area contributed by atoms with E-state index in [1.807, 2.05) is 6.92 Å². The molecule has 2 unspecified atom stereocenters. The largest absolute Gasteiger partial charge is 0.481 e. The molecule has 4 nitrogen and oxygen atoms in total. The predicted molar refractivity (Wildman–Crippen MR) is 56.2 cm³/mol. The molecule has 84 valence electrons. The Hall–Kier alpha value is -1.32. The number of amides is 1. The molecule has 4 heteroatoms. The van der Waals surface area contributed by atoms with Crippen LogP contribution in [0.4, 0.5) is 0 Å². The monoisotopic (exact) mass is 211 g/mol. The van der Waals surface area contributed by atoms with Gasteiger partial charge in [0.1, 0.15) is 0 Å². The number of hydrogen-bond donors (Lipinski definition) is 2. The summed E-state index contributed by atoms with van der Waals surface area (Å²) in [5.41, 5.74) is 0.430. The lowest BCUT2D eigenvalue weighted by Gasteiger charge is -2.04. The molecule has 0 radical (unpaired) electrons. The zero-order valence-electron chi connectivity index (χ0n) is 9.33. The van der Waals surface area contributed by atoms with Gasteiger partial charge >= 0.3 is 5.97 Å². The highest BCUT2D eigenvalue weighted by Crippen LogP contribution is 2.58. The van der Waals surface area contributed by atoms with Crippen LogP contribution in [-0.4, -0.2) is 23.5 Å². The maximum absolute atomic E-state index is 11.6. The first-order valence-corrected chi connectivity index (χ1v) is 4.93. The Kier molecular flexibility index (Phi) is 2.88. The van der Waals surface area contributed by atoms with E-state index in [1.165, 1.54) is 0 Å². The molecule has 0 aliphatic heterocycles. The van der Waals surface area contributed by atoms with E-state index < -0.39 is 23.2 Å². The summed E-state index contributed by atoms with van der Waals surface area (Å²) < 4.78 is 0. The molecule has 1 aliphatic rings. The third kappa shape index (κ3) is 2.19. The van der Waals surface area contributed by atoms with Crippen LogP contribution < -0.4 is 5.32 Å². The number of hydrogen-bond acceptors (Lipinski definition) is 2. The summed E-state index contributed by atoms with van der Waals surface area (Å²) in [5.74, 6) is -2.04. The van der Waals surface area contributed by atoms with Gasteiger partial charge in [0.2, 0.25) is 5.91 Å². The number of carboxylic acid groups (broad SMARTS) is 1. The first-order chi connectivity index (χ1) is 6.78. The van der Waals surface area contributed by atoms with Crippen LogP contribution in [0.2, 0.25) is 0 Å². The number of rotatable bonds is 4. The maximum atomic E-state index is 11.6. The topological polar surface area (TPSA) is 66.4 Å². The first-order valence-electron chi connectivity index (χ1n) is 4.93. The van der Waals surface area contributed by atoms with Crippen LogP contribution in [0.5, 0.6) is 0 Å². The second-order valence-corrected chi connectivity index (χ2v) is 4.79. The Morgan fingerprint density at radius 2 is 1.93 bits per heavy atom. The van der Waals surface area contributed by atoms with Gasteiger partial charge in [0, 0.05) is 6.54 Å². The zero-order chi connectivity index (χ0) is 11.8. The van der Waals surface area contributed by atoms with Crippen molar-refractivity contribution in [2.24, 2.45) is 17.3 Å². The van der Waals surface area contributed by atoms with Crippen LogP contribution in [0, 0.1) is 17.3 Å². The molecule has 2 N–H and O–H groups in total. The molecule has 0 heterocycles. The lowest BCUT2D eigenvalue weighted by molar-refractivity contribution is -0.140. The smallest absolute Gasteiger partial charge is 0.307 e. The average molecular weight is 211 g/mol. The summed E-state index contributed by atoms with van der Waals surface area (Å²) in [6, 6.07) is 0. The molecule has 0 aromatic rings. The van der Waals surface area contributed by atoms with E-state index in [9.17, 15) is 9.59 Å². The summed E-state index contributed by atoms with van der Waals surface area (Å²) in [4.78, 5) is 22.5. The lowest BCUT2D eigenvalue weighted by atomic mass is 10.1. The van der Waals surface area contributed by atoms with E-state index in [4.69, 9.17) is 5.11 Å². The van der Waals surface area contributed by atoms with Crippen molar-refractivity contribution in [1.82, 2.24) is 5.32 Å². The molecule has 1 fully saturated rings. The summed E-state index contributed by atoms with van der Waals surface area (Å²) in [6.45, 7) is 9.50. The van der Waals surface area contributed by atoms with Crippen LogP contribution in [0.25, 0.3) is 0 Å². The highest BCUT2D eigenvalue weighted by molar-refractivity contribution is 5.91. The van der Waals surface area contributed by atoms with Gasteiger partial charge in [0.05, 0.1) is 11.8 Å². The molecule has 0 spiro atoms. The molecule has 1 aliphatic carbocycles. The molecular formula is C11H17NO3. The molecule has 0 aromatic carbocycles. The third-order valence-corrected chi connectivity index (χ3v) is 2.94. The van der Waals surface area contributed by atoms with Gasteiger partial charge in [-0.3, -0.25) is 9.59 Å². The number of carbonyl (C=O) groups excluding carboxylic acids is 1. The SMILES string of the molecule is C=C(C)CNC(=O)C1C(C(=O)O)C1(C)C. The van der Waals surface area contributed by atoms with Gasteiger partial charge in [0.15, 0.2) is 0 Å². The molecule has 2 atom stereocenters. The van der Waals surface area contributed by atoms with Crippen molar-refractivity contribution >= 4 is 11.9 Å². The van der Waals surface area contributed by atoms with Crippen molar-refractivity contribution < 1.29 is 14.7 Å². The Morgan fingerprint density at radius 1 is 1.40 bits per heavy atom. The minimum atomic E-state index is -0.893. The fourth-order valence-corrected chi connectivity index (χ4v) is 1.94. The standard InChI is InChI=1S/C11H17NO3/c1-6(2)5-12-9(13)7-8(10(14)15)11(7,3)4/h7-8H,1,5H2,2-4H3,(H,12,13)(H,14,15). The molecule has 15 heavy (non-hydrogen) atoms. The molecular weight excluding hydrogens is 194 g/mol. The van der Waals surface area contributed by atoms with Crippen LogP contribution in [0.15, 0.2) is 12.2 Å². The van der Waals surface area contributed by atoms with E-state index in [0.717, 1.165) is 5.57 Å². The summed E-state index contributed by atoms with van der Waals surface area (Å²) in [5, 5.41) is 11.6. The summed E-state index contributed by atoms with van der Waals surface area (Å²) >= 11 is 0. The van der Waals surface area contributed by atoms with E-state index in [-0.39, 0.29) is 5.91 Å². The number of carboxylic acids is 1. The Balaban J connectivity index is 2.56. The first kappa shape index (κ1) is 11.8. The van der Waals surface area contributed by atoms with Gasteiger partial charge in [0.25, 0.3) is 0 Å². The maximum Gasteiger partial charge on any atom is 0.307 e. The van der Waals surface area contributed by atoms with Crippen molar-refractivity contribution in [3.63, 3.8) is 0 Å². The van der Waals surface area contributed by atoms with Crippen molar-refractivity contribution in [3.05, 3.63) is 12.2 Å². The van der Waals surface area contributed by atoms with Crippen molar-refractivity contribution in [2.75, 3.05) is 6.54 Å². The van der Waals surface area contributed by atoms with Crippen molar-refractivity contribution in [1.29, 1.82) is 0 Å². The normalized spacial score (nSPS) is 26.9. The minimum absolute atomic E-state index is 0.185. The minimum Gasteiger partial charge on any atom is -0.481 e. The van der Waals surface area contributed by atoms with Gasteiger partial charge < -0.3 is 10.4 Å². The molecule has 0 aromatic heterocycles. The highest BCUT2D eigenvalue weighted by atomic mass is 16.4. The third-order valence-electron chi connectivity index (χ3n) is 2.94. The van der Waals surface area contributed by atoms with Crippen molar-refractivity contribution in [3.8, 4) is 0 Å². The number of aliphatic carboxylic acids is 1. The number of nitrogens with one attached hydrogen (secondary N) is 1. The quantitative estimate of drug-likeness (QED) is 0.683. The van der Waals surface area contributed by atoms with Gasteiger partial charge in [-0.15, -0.1) is 0 Å². The van der Waals surface area contributed by atoms with Gasteiger partial charge in [-0.2, -0.15) is 0 Å². The molecule has 1 saturated carbocycles. The highest BCUT2D eigenvalue weighted by Gasteiger charge is 2.65. The fourth-order valence-electron chi connectivity index (χ4n) is 1.94. The molecule has 1 amide bonds. The lowest BCUT2D eigenvalue weighted by Crippen LogP contribution is -2.28. The Labute approximate surface area is 89.4 Å². The number of carbonyl (C=O) groups is 2. The molecule has 0 bridgehead atoms. The van der Waals surface area contributed by atoms with Crippen LogP contribution in [-0.2, 0) is 9.59 Å². The van der Waals surface area contributed by atoms with Crippen molar-refractivity contribution in [2.45, 2.75) is 20.8 Å². The van der Waals surface area contributed by atoms with Crippen LogP contribution in [0.1, 0.15) is 20.8 Å². The second kappa shape index (κ2) is 3.68. The zero-order valence-corrected chi connectivity index (χ0v) is 9.33. The van der Waals surface area contributed by atoms with Crippen LogP contribution >= 0.6 is 0 Å². The van der Waals surface area contributed by atoms with Gasteiger partial charge in [-0.05, 0) is 12.3 Å². The summed E-state index contributed by atoms with van der Waals surface area (Å²) in [6.07, 6.45) is 0. The van der Waals surface area contributed by atoms with Gasteiger partial charge in [-0.1, -0.05) is 26.0 Å². The fraction of sp³-hybridized carbons (Fsp3) is 0.636. The second-order valence-electron chi connectivity index (χ2n) is 4.79. The molecule has 1 rings (SSSR count). The van der Waals surface area contributed by atoms with E-state index in [1.54, 1.807) is 13.8 Å². The average Bonchev–Trinajstić information content (AvgIpc) is 2.65. The van der Waals surface area contributed by atoms with E-state index in [2.05, 4.69) is 11.9 Å². The van der Waals surface area contributed by atoms with E-state index >= 15 is 0 Å². The summed E-state index contributed by atoms with van der Waals surface area (Å²) in [7, 11) is 0. The molecule has 0 saturated heterocycles.